The normalized spacial score (nSPS) is 15.8. The molecular weight excluding hydrogens is 252 g/mol. The molecule has 110 valence electrons. The van der Waals surface area contributed by atoms with Crippen LogP contribution in [0.1, 0.15) is 31.2 Å². The van der Waals surface area contributed by atoms with E-state index in [0.717, 1.165) is 37.2 Å². The number of nitrogens with one attached hydrogen (secondary N) is 1. The Morgan fingerprint density at radius 3 is 2.90 bits per heavy atom. The van der Waals surface area contributed by atoms with Crippen LogP contribution in [0.25, 0.3) is 0 Å². The molecule has 0 radical (unpaired) electrons. The molecule has 1 saturated carbocycles. The molecule has 4 heteroatoms. The summed E-state index contributed by atoms with van der Waals surface area (Å²) in [6, 6.07) is 7.71. The fourth-order valence-electron chi connectivity index (χ4n) is 2.39. The van der Waals surface area contributed by atoms with Crippen molar-refractivity contribution in [3.8, 4) is 0 Å². The summed E-state index contributed by atoms with van der Waals surface area (Å²) in [6.07, 6.45) is 4.70. The molecule has 0 saturated heterocycles. The molecule has 0 aromatic heterocycles. The predicted octanol–water partition coefficient (Wildman–Crippen LogP) is 2.13. The van der Waals surface area contributed by atoms with Crippen molar-refractivity contribution in [2.75, 3.05) is 26.0 Å². The number of carbonyl (C=O) groups excluding carboxylic acids is 1. The Hall–Kier alpha value is -1.55. The van der Waals surface area contributed by atoms with Gasteiger partial charge in [0.15, 0.2) is 0 Å². The first-order valence-electron chi connectivity index (χ1n) is 7.24. The van der Waals surface area contributed by atoms with Gasteiger partial charge in [-0.3, -0.25) is 4.79 Å². The van der Waals surface area contributed by atoms with E-state index in [1.807, 2.05) is 24.3 Å². The van der Waals surface area contributed by atoms with Crippen molar-refractivity contribution < 1.29 is 9.53 Å². The molecular formula is C16H24N2O2. The van der Waals surface area contributed by atoms with Crippen molar-refractivity contribution >= 4 is 11.6 Å². The lowest BCUT2D eigenvalue weighted by Crippen LogP contribution is -2.30. The number of rotatable bonds is 8. The summed E-state index contributed by atoms with van der Waals surface area (Å²) in [4.78, 5) is 11.9. The van der Waals surface area contributed by atoms with Gasteiger partial charge in [0.25, 0.3) is 0 Å². The van der Waals surface area contributed by atoms with E-state index in [1.165, 1.54) is 12.8 Å². The largest absolute Gasteiger partial charge is 0.399 e. The third kappa shape index (κ3) is 4.53. The molecule has 1 amide bonds. The minimum Gasteiger partial charge on any atom is -0.399 e. The van der Waals surface area contributed by atoms with Crippen LogP contribution in [0.5, 0.6) is 0 Å². The molecule has 20 heavy (non-hydrogen) atoms. The van der Waals surface area contributed by atoms with Gasteiger partial charge in [-0.2, -0.15) is 0 Å². The zero-order valence-corrected chi connectivity index (χ0v) is 12.2. The van der Waals surface area contributed by atoms with Crippen LogP contribution in [-0.2, 0) is 16.0 Å². The summed E-state index contributed by atoms with van der Waals surface area (Å²) in [7, 11) is 1.72. The van der Waals surface area contributed by atoms with Gasteiger partial charge in [-0.25, -0.2) is 0 Å². The second-order valence-electron chi connectivity index (χ2n) is 5.76. The van der Waals surface area contributed by atoms with E-state index in [-0.39, 0.29) is 5.91 Å². The highest BCUT2D eigenvalue weighted by molar-refractivity contribution is 5.76. The van der Waals surface area contributed by atoms with E-state index in [1.54, 1.807) is 7.11 Å². The Kier molecular flexibility index (Phi) is 5.01. The Morgan fingerprint density at radius 2 is 2.25 bits per heavy atom. The maximum Gasteiger partial charge on any atom is 0.220 e. The summed E-state index contributed by atoms with van der Waals surface area (Å²) in [5.74, 6) is 0.121. The number of aryl methyl sites for hydroxylation is 1. The van der Waals surface area contributed by atoms with Crippen LogP contribution in [0, 0.1) is 5.41 Å². The maximum atomic E-state index is 11.9. The van der Waals surface area contributed by atoms with Crippen LogP contribution in [-0.4, -0.2) is 26.2 Å². The number of nitrogen functional groups attached to an aromatic ring is 1. The standard InChI is InChI=1S/C16H24N2O2/c1-20-10-9-16(7-8-16)12-18-15(19)6-5-13-3-2-4-14(17)11-13/h2-4,11H,5-10,12,17H2,1H3,(H,18,19). The number of ether oxygens (including phenoxy) is 1. The first-order valence-corrected chi connectivity index (χ1v) is 7.24. The number of amides is 1. The van der Waals surface area contributed by atoms with Crippen LogP contribution < -0.4 is 11.1 Å². The summed E-state index contributed by atoms with van der Waals surface area (Å²) in [6.45, 7) is 1.56. The first-order chi connectivity index (χ1) is 9.63. The SMILES string of the molecule is COCCC1(CNC(=O)CCc2cccc(N)c2)CC1. The van der Waals surface area contributed by atoms with Crippen molar-refractivity contribution in [1.29, 1.82) is 0 Å². The molecule has 1 aliphatic carbocycles. The van der Waals surface area contributed by atoms with E-state index < -0.39 is 0 Å². The van der Waals surface area contributed by atoms with E-state index >= 15 is 0 Å². The monoisotopic (exact) mass is 276 g/mol. The molecule has 3 N–H and O–H groups in total. The predicted molar refractivity (Wildman–Crippen MR) is 80.3 cm³/mol. The topological polar surface area (TPSA) is 64.3 Å². The molecule has 1 fully saturated rings. The summed E-state index contributed by atoms with van der Waals surface area (Å²) >= 11 is 0. The minimum absolute atomic E-state index is 0.121. The lowest BCUT2D eigenvalue weighted by Gasteiger charge is -2.15. The van der Waals surface area contributed by atoms with Crippen LogP contribution >= 0.6 is 0 Å². The number of anilines is 1. The van der Waals surface area contributed by atoms with Crippen molar-refractivity contribution in [3.63, 3.8) is 0 Å². The minimum atomic E-state index is 0.121. The third-order valence-electron chi connectivity index (χ3n) is 4.05. The summed E-state index contributed by atoms with van der Waals surface area (Å²) in [5.41, 5.74) is 7.89. The fourth-order valence-corrected chi connectivity index (χ4v) is 2.39. The summed E-state index contributed by atoms with van der Waals surface area (Å²) in [5, 5.41) is 3.05. The quantitative estimate of drug-likeness (QED) is 0.715. The Balaban J connectivity index is 1.68. The van der Waals surface area contributed by atoms with E-state index in [4.69, 9.17) is 10.5 Å². The zero-order chi connectivity index (χ0) is 14.4. The van der Waals surface area contributed by atoms with Gasteiger partial charge in [0.05, 0.1) is 0 Å². The lowest BCUT2D eigenvalue weighted by atomic mass is 10.0. The molecule has 0 heterocycles. The molecule has 1 aromatic carbocycles. The first kappa shape index (κ1) is 14.9. The van der Waals surface area contributed by atoms with Crippen LogP contribution in [0.4, 0.5) is 5.69 Å². The molecule has 0 aliphatic heterocycles. The molecule has 0 unspecified atom stereocenters. The molecule has 0 atom stereocenters. The van der Waals surface area contributed by atoms with Gasteiger partial charge in [-0.15, -0.1) is 0 Å². The average molecular weight is 276 g/mol. The van der Waals surface area contributed by atoms with Crippen LogP contribution in [0.15, 0.2) is 24.3 Å². The van der Waals surface area contributed by atoms with Crippen LogP contribution in [0.3, 0.4) is 0 Å². The van der Waals surface area contributed by atoms with Gasteiger partial charge in [0.2, 0.25) is 5.91 Å². The van der Waals surface area contributed by atoms with Gasteiger partial charge in [0, 0.05) is 32.4 Å². The molecule has 4 nitrogen and oxygen atoms in total. The van der Waals surface area contributed by atoms with Crippen molar-refractivity contribution in [3.05, 3.63) is 29.8 Å². The number of methoxy groups -OCH3 is 1. The maximum absolute atomic E-state index is 11.9. The highest BCUT2D eigenvalue weighted by Gasteiger charge is 2.41. The number of carbonyl (C=O) groups is 1. The lowest BCUT2D eigenvalue weighted by molar-refractivity contribution is -0.121. The fraction of sp³-hybridized carbons (Fsp3) is 0.562. The number of hydrogen-bond donors (Lipinski definition) is 2. The highest BCUT2D eigenvalue weighted by atomic mass is 16.5. The van der Waals surface area contributed by atoms with Gasteiger partial charge in [0.1, 0.15) is 0 Å². The number of nitrogens with two attached hydrogens (primary N) is 1. The van der Waals surface area contributed by atoms with E-state index in [9.17, 15) is 4.79 Å². The van der Waals surface area contributed by atoms with Crippen LogP contribution in [0.2, 0.25) is 0 Å². The van der Waals surface area contributed by atoms with Crippen molar-refractivity contribution in [2.45, 2.75) is 32.1 Å². The van der Waals surface area contributed by atoms with Gasteiger partial charge in [-0.1, -0.05) is 12.1 Å². The Morgan fingerprint density at radius 1 is 1.45 bits per heavy atom. The number of hydrogen-bond acceptors (Lipinski definition) is 3. The second-order valence-corrected chi connectivity index (χ2v) is 5.76. The molecule has 0 bridgehead atoms. The Labute approximate surface area is 120 Å². The van der Waals surface area contributed by atoms with E-state index in [2.05, 4.69) is 5.32 Å². The third-order valence-corrected chi connectivity index (χ3v) is 4.05. The Bertz CT molecular complexity index is 456. The van der Waals surface area contributed by atoms with Gasteiger partial charge in [-0.05, 0) is 48.8 Å². The zero-order valence-electron chi connectivity index (χ0n) is 12.2. The van der Waals surface area contributed by atoms with E-state index in [0.29, 0.717) is 11.8 Å². The average Bonchev–Trinajstić information content (AvgIpc) is 3.21. The van der Waals surface area contributed by atoms with Crippen molar-refractivity contribution in [2.24, 2.45) is 5.41 Å². The summed E-state index contributed by atoms with van der Waals surface area (Å²) < 4.78 is 5.12. The molecule has 1 aromatic rings. The van der Waals surface area contributed by atoms with Gasteiger partial charge >= 0.3 is 0 Å². The molecule has 2 rings (SSSR count). The van der Waals surface area contributed by atoms with Gasteiger partial charge < -0.3 is 15.8 Å². The highest BCUT2D eigenvalue weighted by Crippen LogP contribution is 2.48. The smallest absolute Gasteiger partial charge is 0.220 e. The van der Waals surface area contributed by atoms with Crippen molar-refractivity contribution in [1.82, 2.24) is 5.32 Å². The second kappa shape index (κ2) is 6.75. The molecule has 0 spiro atoms. The number of benzene rings is 1. The molecule has 1 aliphatic rings.